The lowest BCUT2D eigenvalue weighted by Gasteiger charge is -2.12. The summed E-state index contributed by atoms with van der Waals surface area (Å²) in [6, 6.07) is 27.9. The van der Waals surface area contributed by atoms with E-state index in [0.717, 1.165) is 11.1 Å². The van der Waals surface area contributed by atoms with E-state index >= 15 is 0 Å². The Hall–Kier alpha value is -4.26. The fraction of sp³-hybridized carbons (Fsp3) is 0.0333. The molecule has 5 rings (SSSR count). The van der Waals surface area contributed by atoms with Gasteiger partial charge in [0.05, 0.1) is 28.0 Å². The van der Waals surface area contributed by atoms with Gasteiger partial charge >= 0.3 is 0 Å². The van der Waals surface area contributed by atoms with E-state index in [0.29, 0.717) is 38.5 Å². The predicted octanol–water partition coefficient (Wildman–Crippen LogP) is 7.69. The Morgan fingerprint density at radius 1 is 0.947 bits per heavy atom. The van der Waals surface area contributed by atoms with Gasteiger partial charge in [0.25, 0.3) is 5.91 Å². The van der Waals surface area contributed by atoms with Crippen LogP contribution in [0.15, 0.2) is 102 Å². The van der Waals surface area contributed by atoms with E-state index in [9.17, 15) is 9.18 Å². The molecule has 0 saturated carbocycles. The fourth-order valence-electron chi connectivity index (χ4n) is 3.91. The predicted molar refractivity (Wildman–Crippen MR) is 149 cm³/mol. The summed E-state index contributed by atoms with van der Waals surface area (Å²) in [4.78, 5) is 17.9. The van der Waals surface area contributed by atoms with Gasteiger partial charge in [-0.1, -0.05) is 83.9 Å². The SMILES string of the molecule is O=C(N/N=C\c1cc(Cl)cc(Cl)c1OCc1ccc(F)cc1)c1cc(-c2ccccc2)nc2ccccc12. The Morgan fingerprint density at radius 2 is 1.68 bits per heavy atom. The van der Waals surface area contributed by atoms with Gasteiger partial charge in [0.1, 0.15) is 18.2 Å². The van der Waals surface area contributed by atoms with Gasteiger partial charge in [-0.25, -0.2) is 14.8 Å². The maximum atomic E-state index is 13.2. The van der Waals surface area contributed by atoms with Crippen molar-refractivity contribution in [1.29, 1.82) is 0 Å². The third-order valence-electron chi connectivity index (χ3n) is 5.73. The number of rotatable bonds is 7. The Kier molecular flexibility index (Phi) is 7.63. The first-order valence-electron chi connectivity index (χ1n) is 11.6. The zero-order valence-electron chi connectivity index (χ0n) is 19.9. The van der Waals surface area contributed by atoms with Crippen LogP contribution >= 0.6 is 23.2 Å². The molecule has 1 heterocycles. The third kappa shape index (κ3) is 5.83. The number of hydrogen-bond donors (Lipinski definition) is 1. The van der Waals surface area contributed by atoms with Crippen LogP contribution in [0.4, 0.5) is 4.39 Å². The lowest BCUT2D eigenvalue weighted by molar-refractivity contribution is 0.0956. The van der Waals surface area contributed by atoms with Crippen molar-refractivity contribution in [3.05, 3.63) is 130 Å². The van der Waals surface area contributed by atoms with Crippen molar-refractivity contribution in [3.8, 4) is 17.0 Å². The van der Waals surface area contributed by atoms with Gasteiger partial charge in [0.2, 0.25) is 0 Å². The van der Waals surface area contributed by atoms with Crippen LogP contribution in [0.5, 0.6) is 5.75 Å². The second-order valence-corrected chi connectivity index (χ2v) is 9.20. The number of para-hydroxylation sites is 1. The molecular formula is C30H20Cl2FN3O2. The van der Waals surface area contributed by atoms with Crippen LogP contribution in [-0.4, -0.2) is 17.1 Å². The summed E-state index contributed by atoms with van der Waals surface area (Å²) in [5.41, 5.74) is 6.51. The number of fused-ring (bicyclic) bond motifs is 1. The highest BCUT2D eigenvalue weighted by Crippen LogP contribution is 2.32. The first kappa shape index (κ1) is 25.4. The molecule has 0 aliphatic carbocycles. The van der Waals surface area contributed by atoms with Crippen molar-refractivity contribution in [2.75, 3.05) is 0 Å². The number of amides is 1. The van der Waals surface area contributed by atoms with Gasteiger partial charge in [0, 0.05) is 21.5 Å². The van der Waals surface area contributed by atoms with Gasteiger partial charge in [-0.2, -0.15) is 5.10 Å². The molecule has 0 radical (unpaired) electrons. The van der Waals surface area contributed by atoms with Gasteiger partial charge < -0.3 is 4.74 Å². The monoisotopic (exact) mass is 543 g/mol. The maximum absolute atomic E-state index is 13.2. The number of benzene rings is 4. The van der Waals surface area contributed by atoms with Crippen LogP contribution in [0, 0.1) is 5.82 Å². The number of carbonyl (C=O) groups is 1. The second-order valence-electron chi connectivity index (χ2n) is 8.36. The molecule has 5 aromatic rings. The number of nitrogens with zero attached hydrogens (tertiary/aromatic N) is 2. The van der Waals surface area contributed by atoms with E-state index in [4.69, 9.17) is 32.9 Å². The van der Waals surface area contributed by atoms with E-state index in [1.54, 1.807) is 30.3 Å². The zero-order chi connectivity index (χ0) is 26.5. The summed E-state index contributed by atoms with van der Waals surface area (Å²) < 4.78 is 19.1. The number of hydrazone groups is 1. The van der Waals surface area contributed by atoms with Crippen LogP contribution < -0.4 is 10.2 Å². The standard InChI is InChI=1S/C30H20Cl2FN3O2/c31-22-14-21(29(26(32)15-22)38-18-19-10-12-23(33)13-11-19)17-34-36-30(37)25-16-28(20-6-2-1-3-7-20)35-27-9-5-4-8-24(25)27/h1-17H,18H2,(H,36,37)/b34-17-. The van der Waals surface area contributed by atoms with Gasteiger partial charge in [-0.15, -0.1) is 0 Å². The average molecular weight is 544 g/mol. The Balaban J connectivity index is 1.40. The highest BCUT2D eigenvalue weighted by Gasteiger charge is 2.14. The number of pyridine rings is 1. The molecule has 38 heavy (non-hydrogen) atoms. The van der Waals surface area contributed by atoms with Crippen molar-refractivity contribution >= 4 is 46.2 Å². The van der Waals surface area contributed by atoms with Crippen LogP contribution in [0.3, 0.4) is 0 Å². The smallest absolute Gasteiger partial charge is 0.272 e. The van der Waals surface area contributed by atoms with Gasteiger partial charge in [0.15, 0.2) is 0 Å². The van der Waals surface area contributed by atoms with Gasteiger partial charge in [-0.3, -0.25) is 4.79 Å². The van der Waals surface area contributed by atoms with Crippen LogP contribution in [0.25, 0.3) is 22.2 Å². The molecule has 0 atom stereocenters. The third-order valence-corrected chi connectivity index (χ3v) is 6.23. The minimum Gasteiger partial charge on any atom is -0.487 e. The number of halogens is 3. The largest absolute Gasteiger partial charge is 0.487 e. The lowest BCUT2D eigenvalue weighted by atomic mass is 10.0. The molecule has 0 aliphatic rings. The Bertz CT molecular complexity index is 1640. The van der Waals surface area contributed by atoms with Crippen molar-refractivity contribution in [2.45, 2.75) is 6.61 Å². The summed E-state index contributed by atoms with van der Waals surface area (Å²) in [5, 5.41) is 5.50. The van der Waals surface area contributed by atoms with Crippen molar-refractivity contribution in [1.82, 2.24) is 10.4 Å². The lowest BCUT2D eigenvalue weighted by Crippen LogP contribution is -2.18. The highest BCUT2D eigenvalue weighted by molar-refractivity contribution is 6.36. The molecule has 0 fully saturated rings. The second kappa shape index (κ2) is 11.4. The van der Waals surface area contributed by atoms with E-state index in [2.05, 4.69) is 10.5 Å². The molecule has 0 bridgehead atoms. The number of aromatic nitrogens is 1. The van der Waals surface area contributed by atoms with Crippen molar-refractivity contribution in [3.63, 3.8) is 0 Å². The summed E-state index contributed by atoms with van der Waals surface area (Å²) in [6.45, 7) is 0.153. The number of hydrogen-bond acceptors (Lipinski definition) is 4. The maximum Gasteiger partial charge on any atom is 0.272 e. The fourth-order valence-corrected chi connectivity index (χ4v) is 4.47. The molecule has 0 spiro atoms. The molecule has 0 aliphatic heterocycles. The van der Waals surface area contributed by atoms with E-state index in [1.807, 2.05) is 54.6 Å². The van der Waals surface area contributed by atoms with E-state index in [1.165, 1.54) is 18.3 Å². The van der Waals surface area contributed by atoms with E-state index in [-0.39, 0.29) is 17.4 Å². The molecule has 8 heteroatoms. The molecule has 1 N–H and O–H groups in total. The topological polar surface area (TPSA) is 63.6 Å². The number of nitrogens with one attached hydrogen (secondary N) is 1. The van der Waals surface area contributed by atoms with Crippen molar-refractivity contribution in [2.24, 2.45) is 5.10 Å². The van der Waals surface area contributed by atoms with Crippen LogP contribution in [0.1, 0.15) is 21.5 Å². The quantitative estimate of drug-likeness (QED) is 0.169. The van der Waals surface area contributed by atoms with Crippen LogP contribution in [-0.2, 0) is 6.61 Å². The summed E-state index contributed by atoms with van der Waals surface area (Å²) in [6.07, 6.45) is 1.41. The Labute approximate surface area is 228 Å². The normalized spacial score (nSPS) is 11.1. The van der Waals surface area contributed by atoms with E-state index < -0.39 is 5.91 Å². The summed E-state index contributed by atoms with van der Waals surface area (Å²) in [7, 11) is 0. The first-order chi connectivity index (χ1) is 18.5. The molecule has 1 amide bonds. The minimum atomic E-state index is -0.404. The number of carbonyl (C=O) groups excluding carboxylic acids is 1. The van der Waals surface area contributed by atoms with Crippen molar-refractivity contribution < 1.29 is 13.9 Å². The molecule has 0 saturated heterocycles. The van der Waals surface area contributed by atoms with Crippen LogP contribution in [0.2, 0.25) is 10.0 Å². The molecule has 4 aromatic carbocycles. The molecule has 0 unspecified atom stereocenters. The molecule has 1 aromatic heterocycles. The highest BCUT2D eigenvalue weighted by atomic mass is 35.5. The average Bonchev–Trinajstić information content (AvgIpc) is 2.93. The zero-order valence-corrected chi connectivity index (χ0v) is 21.4. The molecule has 188 valence electrons. The summed E-state index contributed by atoms with van der Waals surface area (Å²) in [5.74, 6) is -0.405. The summed E-state index contributed by atoms with van der Waals surface area (Å²) >= 11 is 12.6. The molecule has 5 nitrogen and oxygen atoms in total. The molecular weight excluding hydrogens is 524 g/mol. The Morgan fingerprint density at radius 3 is 2.47 bits per heavy atom. The number of ether oxygens (including phenoxy) is 1. The van der Waals surface area contributed by atoms with Gasteiger partial charge in [-0.05, 0) is 42.0 Å². The minimum absolute atomic E-state index is 0.153. The first-order valence-corrected chi connectivity index (χ1v) is 12.4.